The van der Waals surface area contributed by atoms with E-state index in [-0.39, 0.29) is 31.0 Å². The lowest BCUT2D eigenvalue weighted by Crippen LogP contribution is -2.53. The van der Waals surface area contributed by atoms with Gasteiger partial charge in [-0.05, 0) is 19.4 Å². The van der Waals surface area contributed by atoms with Crippen LogP contribution in [0.4, 0.5) is 0 Å². The van der Waals surface area contributed by atoms with Gasteiger partial charge in [0.15, 0.2) is 0 Å². The number of rotatable bonds is 5. The van der Waals surface area contributed by atoms with Crippen molar-refractivity contribution in [3.63, 3.8) is 0 Å². The van der Waals surface area contributed by atoms with Crippen LogP contribution in [0.25, 0.3) is 0 Å². The van der Waals surface area contributed by atoms with Crippen LogP contribution in [-0.4, -0.2) is 60.2 Å². The lowest BCUT2D eigenvalue weighted by Gasteiger charge is -2.32. The molecular formula is C12H24N5O5P. The molecule has 0 saturated carbocycles. The lowest BCUT2D eigenvalue weighted by atomic mass is 10.0. The smallest absolute Gasteiger partial charge is 0.366 e. The molecule has 0 amide bonds. The van der Waals surface area contributed by atoms with Gasteiger partial charge >= 0.3 is 7.82 Å². The van der Waals surface area contributed by atoms with E-state index in [1.807, 2.05) is 14.0 Å². The highest BCUT2D eigenvalue weighted by molar-refractivity contribution is 7.46. The standard InChI is InChI=1S/C12H24N5O5P/c1-7-3-9(22-8(7)4-21-23(18,19)20)17-6-16-10-11(13-2)14-5-15-12(10)17/h7-9,11,13-16H,3-6H2,1-2H3,(H2,18,19,20)/t7-,8+,9+,11?/m0/s1. The maximum absolute atomic E-state index is 10.9. The fourth-order valence-electron chi connectivity index (χ4n) is 3.19. The largest absolute Gasteiger partial charge is 0.469 e. The molecule has 23 heavy (non-hydrogen) atoms. The van der Waals surface area contributed by atoms with Gasteiger partial charge in [0, 0.05) is 0 Å². The van der Waals surface area contributed by atoms with Crippen molar-refractivity contribution >= 4 is 7.82 Å². The van der Waals surface area contributed by atoms with E-state index in [2.05, 4.69) is 30.7 Å². The average molecular weight is 349 g/mol. The number of nitrogens with zero attached hydrogens (tertiary/aromatic N) is 1. The van der Waals surface area contributed by atoms with E-state index in [4.69, 9.17) is 14.5 Å². The Kier molecular flexibility index (Phi) is 4.84. The van der Waals surface area contributed by atoms with Gasteiger partial charge in [0.05, 0.1) is 31.7 Å². The molecule has 0 aromatic carbocycles. The molecule has 1 unspecified atom stereocenters. The second-order valence-electron chi connectivity index (χ2n) is 5.97. The molecule has 0 spiro atoms. The molecule has 11 heteroatoms. The van der Waals surface area contributed by atoms with Gasteiger partial charge in [-0.15, -0.1) is 0 Å². The zero-order valence-corrected chi connectivity index (χ0v) is 14.0. The van der Waals surface area contributed by atoms with E-state index in [9.17, 15) is 4.57 Å². The Hall–Kier alpha value is -0.870. The number of nitrogens with one attached hydrogen (secondary N) is 4. The van der Waals surface area contributed by atoms with Gasteiger partial charge in [-0.25, -0.2) is 4.57 Å². The van der Waals surface area contributed by atoms with Crippen LogP contribution in [0.5, 0.6) is 0 Å². The summed E-state index contributed by atoms with van der Waals surface area (Å²) in [4.78, 5) is 19.8. The molecule has 3 rings (SSSR count). The van der Waals surface area contributed by atoms with Crippen molar-refractivity contribution in [2.75, 3.05) is 27.0 Å². The first-order chi connectivity index (χ1) is 10.9. The molecule has 0 aromatic heterocycles. The Morgan fingerprint density at radius 3 is 2.96 bits per heavy atom. The minimum Gasteiger partial charge on any atom is -0.366 e. The van der Waals surface area contributed by atoms with E-state index in [1.54, 1.807) is 0 Å². The van der Waals surface area contributed by atoms with Crippen LogP contribution in [0.15, 0.2) is 11.5 Å². The summed E-state index contributed by atoms with van der Waals surface area (Å²) in [5.74, 6) is 1.15. The minimum atomic E-state index is -4.47. The van der Waals surface area contributed by atoms with Gasteiger partial charge < -0.3 is 30.1 Å². The molecule has 0 bridgehead atoms. The highest BCUT2D eigenvalue weighted by atomic mass is 31.2. The van der Waals surface area contributed by atoms with Crippen LogP contribution >= 0.6 is 7.82 Å². The summed E-state index contributed by atoms with van der Waals surface area (Å²) < 4.78 is 21.4. The number of hydrogen-bond acceptors (Lipinski definition) is 8. The normalized spacial score (nSPS) is 34.3. The van der Waals surface area contributed by atoms with Crippen molar-refractivity contribution < 1.29 is 23.6 Å². The molecule has 10 nitrogen and oxygen atoms in total. The van der Waals surface area contributed by atoms with Crippen molar-refractivity contribution in [3.05, 3.63) is 11.5 Å². The first-order valence-corrected chi connectivity index (χ1v) is 9.17. The van der Waals surface area contributed by atoms with E-state index < -0.39 is 7.82 Å². The summed E-state index contributed by atoms with van der Waals surface area (Å²) >= 11 is 0. The van der Waals surface area contributed by atoms with Gasteiger partial charge in [0.2, 0.25) is 0 Å². The molecule has 0 aromatic rings. The molecule has 4 atom stereocenters. The van der Waals surface area contributed by atoms with E-state index >= 15 is 0 Å². The first kappa shape index (κ1) is 17.0. The van der Waals surface area contributed by atoms with E-state index in [1.165, 1.54) is 0 Å². The van der Waals surface area contributed by atoms with Gasteiger partial charge in [0.25, 0.3) is 0 Å². The molecule has 132 valence electrons. The van der Waals surface area contributed by atoms with Crippen molar-refractivity contribution in [1.82, 2.24) is 26.2 Å². The molecule has 6 N–H and O–H groups in total. The molecule has 3 aliphatic rings. The quantitative estimate of drug-likeness (QED) is 0.329. The van der Waals surface area contributed by atoms with Crippen LogP contribution in [0, 0.1) is 5.92 Å². The van der Waals surface area contributed by atoms with Crippen molar-refractivity contribution in [1.29, 1.82) is 0 Å². The minimum absolute atomic E-state index is 0.0591. The summed E-state index contributed by atoms with van der Waals surface area (Å²) in [6, 6.07) is 0. The van der Waals surface area contributed by atoms with Crippen molar-refractivity contribution in [3.8, 4) is 0 Å². The SMILES string of the molecule is CNC1NCNC2=C1NCN2[C@H]1C[C@H](C)[C@@H](COP(=O)(O)O)O1. The zero-order chi connectivity index (χ0) is 16.6. The fourth-order valence-corrected chi connectivity index (χ4v) is 3.53. The average Bonchev–Trinajstić information content (AvgIpc) is 3.07. The van der Waals surface area contributed by atoms with Crippen molar-refractivity contribution in [2.24, 2.45) is 5.92 Å². The second kappa shape index (κ2) is 6.56. The summed E-state index contributed by atoms with van der Waals surface area (Å²) in [6.45, 7) is 3.17. The Morgan fingerprint density at radius 1 is 1.48 bits per heavy atom. The monoisotopic (exact) mass is 349 g/mol. The second-order valence-corrected chi connectivity index (χ2v) is 7.21. The van der Waals surface area contributed by atoms with Crippen LogP contribution in [0.1, 0.15) is 13.3 Å². The highest BCUT2D eigenvalue weighted by Gasteiger charge is 2.41. The van der Waals surface area contributed by atoms with Crippen LogP contribution < -0.4 is 21.3 Å². The third kappa shape index (κ3) is 3.63. The maximum Gasteiger partial charge on any atom is 0.469 e. The number of ether oxygens (including phenoxy) is 1. The molecule has 3 heterocycles. The van der Waals surface area contributed by atoms with Crippen LogP contribution in [0.2, 0.25) is 0 Å². The Labute approximate surface area is 134 Å². The number of hydrogen-bond donors (Lipinski definition) is 6. The lowest BCUT2D eigenvalue weighted by molar-refractivity contribution is -0.0584. The number of phosphoric ester groups is 1. The Morgan fingerprint density at radius 2 is 2.26 bits per heavy atom. The fraction of sp³-hybridized carbons (Fsp3) is 0.833. The van der Waals surface area contributed by atoms with E-state index in [0.29, 0.717) is 13.3 Å². The van der Waals surface area contributed by atoms with Gasteiger partial charge in [-0.1, -0.05) is 6.92 Å². The van der Waals surface area contributed by atoms with E-state index in [0.717, 1.165) is 17.9 Å². The summed E-state index contributed by atoms with van der Waals surface area (Å²) in [6.07, 6.45) is 0.342. The van der Waals surface area contributed by atoms with Gasteiger partial charge in [-0.2, -0.15) is 0 Å². The number of phosphoric acid groups is 1. The first-order valence-electron chi connectivity index (χ1n) is 7.64. The van der Waals surface area contributed by atoms with Crippen LogP contribution in [0.3, 0.4) is 0 Å². The molecule has 1 saturated heterocycles. The van der Waals surface area contributed by atoms with Crippen molar-refractivity contribution in [2.45, 2.75) is 31.8 Å². The van der Waals surface area contributed by atoms with Gasteiger partial charge in [0.1, 0.15) is 18.2 Å². The maximum atomic E-state index is 10.9. The predicted octanol–water partition coefficient (Wildman–Crippen LogP) is -1.43. The predicted molar refractivity (Wildman–Crippen MR) is 81.3 cm³/mol. The molecule has 0 radical (unpaired) electrons. The summed E-state index contributed by atoms with van der Waals surface area (Å²) in [7, 11) is -2.58. The Bertz CT molecular complexity index is 526. The number of likely N-dealkylation sites (N-methyl/N-ethyl adjacent to an activating group) is 1. The van der Waals surface area contributed by atoms with Gasteiger partial charge in [-0.3, -0.25) is 15.2 Å². The summed E-state index contributed by atoms with van der Waals surface area (Å²) in [5, 5.41) is 13.2. The zero-order valence-electron chi connectivity index (χ0n) is 13.2. The molecule has 1 fully saturated rings. The summed E-state index contributed by atoms with van der Waals surface area (Å²) in [5.41, 5.74) is 1.05. The Balaban J connectivity index is 1.65. The third-order valence-electron chi connectivity index (χ3n) is 4.42. The van der Waals surface area contributed by atoms with Crippen LogP contribution in [-0.2, 0) is 13.8 Å². The molecule has 0 aliphatic carbocycles. The third-order valence-corrected chi connectivity index (χ3v) is 4.90. The molecule has 3 aliphatic heterocycles. The topological polar surface area (TPSA) is 127 Å². The highest BCUT2D eigenvalue weighted by Crippen LogP contribution is 2.39. The molecular weight excluding hydrogens is 325 g/mol.